The molecule has 0 radical (unpaired) electrons. The fourth-order valence-electron chi connectivity index (χ4n) is 5.17. The Morgan fingerprint density at radius 1 is 1.12 bits per heavy atom. The van der Waals surface area contributed by atoms with E-state index in [2.05, 4.69) is 4.98 Å². The van der Waals surface area contributed by atoms with Crippen LogP contribution in [0.2, 0.25) is 0 Å². The summed E-state index contributed by atoms with van der Waals surface area (Å²) in [6, 6.07) is 5.96. The van der Waals surface area contributed by atoms with E-state index in [1.54, 1.807) is 11.3 Å². The number of benzene rings is 1. The third-order valence-electron chi connectivity index (χ3n) is 6.73. The van der Waals surface area contributed by atoms with Crippen molar-refractivity contribution in [1.82, 2.24) is 14.5 Å². The van der Waals surface area contributed by atoms with Gasteiger partial charge in [0.2, 0.25) is 5.91 Å². The normalized spacial score (nSPS) is 19.9. The number of thiophene rings is 1. The molecule has 3 aromatic rings. The fourth-order valence-corrected chi connectivity index (χ4v) is 6.39. The predicted molar refractivity (Wildman–Crippen MR) is 122 cm³/mol. The Labute approximate surface area is 189 Å². The van der Waals surface area contributed by atoms with Gasteiger partial charge in [0, 0.05) is 17.8 Å². The Kier molecular flexibility index (Phi) is 4.90. The molecule has 1 aliphatic carbocycles. The van der Waals surface area contributed by atoms with Crippen LogP contribution < -0.4 is 15.0 Å². The van der Waals surface area contributed by atoms with Gasteiger partial charge in [-0.1, -0.05) is 6.07 Å². The summed E-state index contributed by atoms with van der Waals surface area (Å²) in [5, 5.41) is 0.721. The van der Waals surface area contributed by atoms with Gasteiger partial charge in [-0.05, 0) is 55.4 Å². The van der Waals surface area contributed by atoms with Gasteiger partial charge in [-0.3, -0.25) is 14.2 Å². The fraction of sp³-hybridized carbons (Fsp3) is 0.458. The molecule has 2 aromatic heterocycles. The van der Waals surface area contributed by atoms with Crippen LogP contribution in [0.15, 0.2) is 29.3 Å². The van der Waals surface area contributed by atoms with Crippen molar-refractivity contribution in [3.63, 3.8) is 0 Å². The van der Waals surface area contributed by atoms with Gasteiger partial charge in [0.15, 0.2) is 11.5 Å². The molecule has 8 heteroatoms. The van der Waals surface area contributed by atoms with E-state index in [0.717, 1.165) is 71.4 Å². The first-order chi connectivity index (χ1) is 15.7. The molecule has 1 amide bonds. The number of carbonyl (C=O) groups excluding carboxylic acids is 1. The van der Waals surface area contributed by atoms with E-state index < -0.39 is 0 Å². The molecule has 2 aliphatic heterocycles. The Morgan fingerprint density at radius 2 is 2.00 bits per heavy atom. The van der Waals surface area contributed by atoms with Crippen LogP contribution in [-0.4, -0.2) is 40.1 Å². The summed E-state index contributed by atoms with van der Waals surface area (Å²) in [5.41, 5.74) is 2.11. The van der Waals surface area contributed by atoms with Gasteiger partial charge in [-0.2, -0.15) is 0 Å². The number of fused-ring (bicyclic) bond motifs is 4. The largest absolute Gasteiger partial charge is 0.490 e. The maximum Gasteiger partial charge on any atom is 0.262 e. The zero-order valence-corrected chi connectivity index (χ0v) is 18.7. The summed E-state index contributed by atoms with van der Waals surface area (Å²) in [5.74, 6) is 1.46. The highest BCUT2D eigenvalue weighted by molar-refractivity contribution is 7.18. The monoisotopic (exact) mass is 451 g/mol. The van der Waals surface area contributed by atoms with Crippen LogP contribution in [0.4, 0.5) is 0 Å². The lowest BCUT2D eigenvalue weighted by atomic mass is 10.0. The number of nitrogens with zero attached hydrogens (tertiary/aromatic N) is 3. The average Bonchev–Trinajstić information content (AvgIpc) is 3.48. The molecule has 166 valence electrons. The number of rotatable bonds is 3. The molecule has 1 atom stereocenters. The lowest BCUT2D eigenvalue weighted by Gasteiger charge is -2.26. The van der Waals surface area contributed by atoms with Crippen molar-refractivity contribution in [3.8, 4) is 11.5 Å². The van der Waals surface area contributed by atoms with Gasteiger partial charge in [0.05, 0.1) is 31.0 Å². The second-order valence-corrected chi connectivity index (χ2v) is 9.80. The highest BCUT2D eigenvalue weighted by Crippen LogP contribution is 2.38. The molecule has 6 rings (SSSR count). The van der Waals surface area contributed by atoms with Crippen molar-refractivity contribution < 1.29 is 14.3 Å². The minimum atomic E-state index is -0.0888. The number of likely N-dealkylation sites (tertiary alicyclic amines) is 1. The summed E-state index contributed by atoms with van der Waals surface area (Å²) in [4.78, 5) is 34.9. The molecule has 0 bridgehead atoms. The third kappa shape index (κ3) is 3.28. The lowest BCUT2D eigenvalue weighted by Crippen LogP contribution is -2.36. The van der Waals surface area contributed by atoms with Crippen LogP contribution in [0, 0.1) is 0 Å². The summed E-state index contributed by atoms with van der Waals surface area (Å²) in [7, 11) is 0. The predicted octanol–water partition coefficient (Wildman–Crippen LogP) is 3.47. The van der Waals surface area contributed by atoms with Crippen LogP contribution in [0.3, 0.4) is 0 Å². The smallest absolute Gasteiger partial charge is 0.262 e. The van der Waals surface area contributed by atoms with Crippen molar-refractivity contribution in [2.24, 2.45) is 0 Å². The number of carbonyl (C=O) groups is 1. The van der Waals surface area contributed by atoms with Crippen molar-refractivity contribution in [2.45, 2.75) is 51.1 Å². The molecule has 7 nitrogen and oxygen atoms in total. The number of aromatic nitrogens is 2. The van der Waals surface area contributed by atoms with Crippen molar-refractivity contribution in [1.29, 1.82) is 0 Å². The molecule has 1 aromatic carbocycles. The molecule has 4 heterocycles. The second kappa shape index (κ2) is 7.92. The van der Waals surface area contributed by atoms with Gasteiger partial charge in [-0.15, -0.1) is 11.3 Å². The minimum absolute atomic E-state index is 0.0163. The van der Waals surface area contributed by atoms with E-state index in [1.807, 2.05) is 23.1 Å². The topological polar surface area (TPSA) is 73.7 Å². The van der Waals surface area contributed by atoms with E-state index in [0.29, 0.717) is 19.8 Å². The van der Waals surface area contributed by atoms with E-state index in [-0.39, 0.29) is 24.1 Å². The summed E-state index contributed by atoms with van der Waals surface area (Å²) >= 11 is 1.62. The van der Waals surface area contributed by atoms with Crippen LogP contribution in [0.5, 0.6) is 11.5 Å². The number of hydrogen-bond acceptors (Lipinski definition) is 6. The molecule has 1 saturated heterocycles. The van der Waals surface area contributed by atoms with Gasteiger partial charge in [-0.25, -0.2) is 4.98 Å². The SMILES string of the molecule is O=C(Cn1cnc2sc3c(c2c1=O)CCC3)N1CCCC1c1ccc2c(c1)OCCCO2. The van der Waals surface area contributed by atoms with Gasteiger partial charge >= 0.3 is 0 Å². The first kappa shape index (κ1) is 19.8. The first-order valence-electron chi connectivity index (χ1n) is 11.4. The lowest BCUT2D eigenvalue weighted by molar-refractivity contribution is -0.132. The Hall–Kier alpha value is -2.87. The number of amides is 1. The van der Waals surface area contributed by atoms with E-state index >= 15 is 0 Å². The van der Waals surface area contributed by atoms with Crippen molar-refractivity contribution in [3.05, 3.63) is 50.9 Å². The van der Waals surface area contributed by atoms with Gasteiger partial charge < -0.3 is 14.4 Å². The zero-order valence-electron chi connectivity index (χ0n) is 17.8. The summed E-state index contributed by atoms with van der Waals surface area (Å²) in [6.07, 6.45) is 7.29. The van der Waals surface area contributed by atoms with Crippen molar-refractivity contribution in [2.75, 3.05) is 19.8 Å². The van der Waals surface area contributed by atoms with Crippen LogP contribution in [0.25, 0.3) is 10.2 Å². The highest BCUT2D eigenvalue weighted by Gasteiger charge is 2.31. The zero-order chi connectivity index (χ0) is 21.7. The van der Waals surface area contributed by atoms with Gasteiger partial charge in [0.25, 0.3) is 5.56 Å². The molecule has 32 heavy (non-hydrogen) atoms. The van der Waals surface area contributed by atoms with Crippen LogP contribution >= 0.6 is 11.3 Å². The Morgan fingerprint density at radius 3 is 2.91 bits per heavy atom. The molecule has 1 fully saturated rings. The van der Waals surface area contributed by atoms with E-state index in [4.69, 9.17) is 9.47 Å². The van der Waals surface area contributed by atoms with E-state index in [1.165, 1.54) is 15.8 Å². The second-order valence-electron chi connectivity index (χ2n) is 8.72. The summed E-state index contributed by atoms with van der Waals surface area (Å²) in [6.45, 7) is 2.00. The molecule has 0 N–H and O–H groups in total. The maximum atomic E-state index is 13.3. The van der Waals surface area contributed by atoms with Crippen molar-refractivity contribution >= 4 is 27.5 Å². The molecule has 0 spiro atoms. The van der Waals surface area contributed by atoms with Gasteiger partial charge in [0.1, 0.15) is 11.4 Å². The highest BCUT2D eigenvalue weighted by atomic mass is 32.1. The molecule has 0 saturated carbocycles. The molecule has 1 unspecified atom stereocenters. The molecular weight excluding hydrogens is 426 g/mol. The Balaban J connectivity index is 1.26. The van der Waals surface area contributed by atoms with Crippen LogP contribution in [0.1, 0.15) is 47.7 Å². The summed E-state index contributed by atoms with van der Waals surface area (Å²) < 4.78 is 13.1. The maximum absolute atomic E-state index is 13.3. The quantitative estimate of drug-likeness (QED) is 0.610. The third-order valence-corrected chi connectivity index (χ3v) is 7.93. The number of aryl methyl sites for hydroxylation is 2. The molecular formula is C24H25N3O4S. The molecule has 3 aliphatic rings. The Bertz CT molecular complexity index is 1260. The standard InChI is InChI=1S/C24H25N3O4S/c28-21(13-26-14-25-23-22(24(26)29)16-4-1-6-20(16)32-23)27-9-2-5-17(27)15-7-8-18-19(12-15)31-11-3-10-30-18/h7-8,12,14,17H,1-6,9-11,13H2. The van der Waals surface area contributed by atoms with Crippen LogP contribution in [-0.2, 0) is 24.2 Å². The van der Waals surface area contributed by atoms with E-state index in [9.17, 15) is 9.59 Å². The first-order valence-corrected chi connectivity index (χ1v) is 12.2. The number of hydrogen-bond donors (Lipinski definition) is 0. The minimum Gasteiger partial charge on any atom is -0.490 e. The number of ether oxygens (including phenoxy) is 2. The average molecular weight is 452 g/mol.